The lowest BCUT2D eigenvalue weighted by Gasteiger charge is -2.23. The van der Waals surface area contributed by atoms with Crippen molar-refractivity contribution in [2.45, 2.75) is 19.9 Å². The number of nitrogens with two attached hydrogens (primary N) is 1. The van der Waals surface area contributed by atoms with Crippen LogP contribution >= 0.6 is 0 Å². The first-order chi connectivity index (χ1) is 11.3. The van der Waals surface area contributed by atoms with Crippen molar-refractivity contribution in [1.29, 1.82) is 0 Å². The Bertz CT molecular complexity index is 771. The average Bonchev–Trinajstić information content (AvgIpc) is 2.59. The van der Waals surface area contributed by atoms with E-state index in [1.807, 2.05) is 43.3 Å². The van der Waals surface area contributed by atoms with Crippen molar-refractivity contribution >= 4 is 17.6 Å². The fourth-order valence-electron chi connectivity index (χ4n) is 2.50. The summed E-state index contributed by atoms with van der Waals surface area (Å²) >= 11 is 0. The Balaban J connectivity index is 2.29. The molecule has 0 aliphatic heterocycles. The molecule has 0 fully saturated rings. The van der Waals surface area contributed by atoms with Crippen LogP contribution in [-0.2, 0) is 9.53 Å². The second-order valence-corrected chi connectivity index (χ2v) is 5.77. The van der Waals surface area contributed by atoms with Gasteiger partial charge in [0.15, 0.2) is 0 Å². The Labute approximate surface area is 142 Å². The summed E-state index contributed by atoms with van der Waals surface area (Å²) in [6.45, 7) is 3.51. The molecule has 0 unspecified atom stereocenters. The molecule has 0 aliphatic carbocycles. The van der Waals surface area contributed by atoms with Crippen LogP contribution in [0.5, 0.6) is 0 Å². The number of ether oxygens (including phenoxy) is 1. The largest absolute Gasteiger partial charge is 0.467 e. The number of anilines is 1. The van der Waals surface area contributed by atoms with Gasteiger partial charge in [-0.1, -0.05) is 24.3 Å². The van der Waals surface area contributed by atoms with E-state index in [1.165, 1.54) is 12.0 Å². The number of hydrogen-bond acceptors (Lipinski definition) is 4. The maximum Gasteiger partial charge on any atom is 0.328 e. The highest BCUT2D eigenvalue weighted by Crippen LogP contribution is 2.24. The van der Waals surface area contributed by atoms with Crippen LogP contribution in [0.4, 0.5) is 5.69 Å². The minimum absolute atomic E-state index is 0.218. The van der Waals surface area contributed by atoms with Gasteiger partial charge in [0.05, 0.1) is 7.11 Å². The molecule has 2 N–H and O–H groups in total. The van der Waals surface area contributed by atoms with Crippen molar-refractivity contribution in [3.63, 3.8) is 0 Å². The molecule has 0 radical (unpaired) electrons. The van der Waals surface area contributed by atoms with Crippen LogP contribution in [0.3, 0.4) is 0 Å². The monoisotopic (exact) mass is 326 g/mol. The van der Waals surface area contributed by atoms with Gasteiger partial charge >= 0.3 is 5.97 Å². The first kappa shape index (κ1) is 17.5. The Morgan fingerprint density at radius 2 is 1.79 bits per heavy atom. The number of carbonyl (C=O) groups is 2. The van der Waals surface area contributed by atoms with Gasteiger partial charge in [-0.15, -0.1) is 0 Å². The van der Waals surface area contributed by atoms with Crippen LogP contribution in [0.15, 0.2) is 42.5 Å². The first-order valence-electron chi connectivity index (χ1n) is 7.66. The molecule has 0 aromatic heterocycles. The fraction of sp³-hybridized carbons (Fsp3) is 0.263. The van der Waals surface area contributed by atoms with Gasteiger partial charge in [0.2, 0.25) is 0 Å². The summed E-state index contributed by atoms with van der Waals surface area (Å²) < 4.78 is 4.69. The lowest BCUT2D eigenvalue weighted by molar-refractivity contribution is -0.144. The molecule has 0 saturated heterocycles. The van der Waals surface area contributed by atoms with Gasteiger partial charge in [-0.2, -0.15) is 0 Å². The molecule has 5 nitrogen and oxygen atoms in total. The van der Waals surface area contributed by atoms with Gasteiger partial charge in [-0.05, 0) is 48.7 Å². The van der Waals surface area contributed by atoms with E-state index in [2.05, 4.69) is 0 Å². The average molecular weight is 326 g/mol. The maximum atomic E-state index is 12.6. The molecule has 2 aromatic rings. The molecule has 1 amide bonds. The van der Waals surface area contributed by atoms with Crippen molar-refractivity contribution in [2.24, 2.45) is 0 Å². The number of hydrogen-bond donors (Lipinski definition) is 1. The van der Waals surface area contributed by atoms with Gasteiger partial charge in [0.1, 0.15) is 6.04 Å². The third kappa shape index (κ3) is 3.56. The van der Waals surface area contributed by atoms with E-state index in [-0.39, 0.29) is 5.91 Å². The number of nitrogens with zero attached hydrogens (tertiary/aromatic N) is 1. The molecule has 5 heteroatoms. The zero-order valence-electron chi connectivity index (χ0n) is 14.4. The summed E-state index contributed by atoms with van der Waals surface area (Å²) in [6, 6.07) is 12.5. The minimum atomic E-state index is -0.643. The topological polar surface area (TPSA) is 72.6 Å². The number of aryl methyl sites for hydroxylation is 1. The van der Waals surface area contributed by atoms with Gasteiger partial charge in [0.25, 0.3) is 5.91 Å². The highest BCUT2D eigenvalue weighted by Gasteiger charge is 2.24. The van der Waals surface area contributed by atoms with E-state index in [4.69, 9.17) is 10.5 Å². The lowest BCUT2D eigenvalue weighted by atomic mass is 9.98. The first-order valence-corrected chi connectivity index (χ1v) is 7.66. The standard InChI is InChI=1S/C19H22N2O3/c1-12-10-15(14-6-5-7-16(20)11-14)8-9-17(12)18(22)21(3)13(2)19(23)24-4/h5-11,13H,20H2,1-4H3/t13-/m0/s1. The van der Waals surface area contributed by atoms with Crippen LogP contribution in [0, 0.1) is 6.92 Å². The fourth-order valence-corrected chi connectivity index (χ4v) is 2.50. The second kappa shape index (κ2) is 7.17. The molecule has 0 bridgehead atoms. The molecule has 0 aliphatic rings. The molecular weight excluding hydrogens is 304 g/mol. The molecule has 2 aromatic carbocycles. The Morgan fingerprint density at radius 3 is 2.38 bits per heavy atom. The smallest absolute Gasteiger partial charge is 0.328 e. The van der Waals surface area contributed by atoms with E-state index in [0.717, 1.165) is 16.7 Å². The van der Waals surface area contributed by atoms with Crippen LogP contribution in [0.1, 0.15) is 22.8 Å². The molecule has 0 heterocycles. The lowest BCUT2D eigenvalue weighted by Crippen LogP contribution is -2.41. The van der Waals surface area contributed by atoms with E-state index < -0.39 is 12.0 Å². The number of esters is 1. The number of methoxy groups -OCH3 is 1. The van der Waals surface area contributed by atoms with Crippen molar-refractivity contribution < 1.29 is 14.3 Å². The molecule has 126 valence electrons. The normalized spacial score (nSPS) is 11.7. The quantitative estimate of drug-likeness (QED) is 0.692. The summed E-state index contributed by atoms with van der Waals surface area (Å²) in [5.74, 6) is -0.663. The van der Waals surface area contributed by atoms with Crippen LogP contribution in [0.2, 0.25) is 0 Å². The summed E-state index contributed by atoms with van der Waals surface area (Å²) in [7, 11) is 2.90. The maximum absolute atomic E-state index is 12.6. The molecule has 2 rings (SSSR count). The number of rotatable bonds is 4. The third-order valence-electron chi connectivity index (χ3n) is 4.12. The van der Waals surface area contributed by atoms with Gasteiger partial charge in [-0.3, -0.25) is 4.79 Å². The van der Waals surface area contributed by atoms with Gasteiger partial charge in [0, 0.05) is 18.3 Å². The molecule has 0 spiro atoms. The van der Waals surface area contributed by atoms with Crippen LogP contribution in [-0.4, -0.2) is 37.0 Å². The van der Waals surface area contributed by atoms with Crippen molar-refractivity contribution in [3.05, 3.63) is 53.6 Å². The summed E-state index contributed by atoms with van der Waals surface area (Å²) in [4.78, 5) is 25.6. The summed E-state index contributed by atoms with van der Waals surface area (Å²) in [5.41, 5.74) is 9.89. The highest BCUT2D eigenvalue weighted by atomic mass is 16.5. The Kier molecular flexibility index (Phi) is 5.24. The van der Waals surface area contributed by atoms with Crippen LogP contribution in [0.25, 0.3) is 11.1 Å². The predicted molar refractivity (Wildman–Crippen MR) is 94.6 cm³/mol. The number of nitrogen functional groups attached to an aromatic ring is 1. The summed E-state index contributed by atoms with van der Waals surface area (Å²) in [5, 5.41) is 0. The van der Waals surface area contributed by atoms with E-state index in [0.29, 0.717) is 11.3 Å². The number of carbonyl (C=O) groups excluding carboxylic acids is 2. The van der Waals surface area contributed by atoms with Crippen molar-refractivity contribution in [1.82, 2.24) is 4.90 Å². The minimum Gasteiger partial charge on any atom is -0.467 e. The van der Waals surface area contributed by atoms with E-state index in [1.54, 1.807) is 20.0 Å². The number of likely N-dealkylation sites (N-methyl/N-ethyl adjacent to an activating group) is 1. The predicted octanol–water partition coefficient (Wildman–Crippen LogP) is 2.88. The Morgan fingerprint density at radius 1 is 1.12 bits per heavy atom. The molecule has 0 saturated carbocycles. The summed E-state index contributed by atoms with van der Waals surface area (Å²) in [6.07, 6.45) is 0. The molecular formula is C19H22N2O3. The van der Waals surface area contributed by atoms with E-state index >= 15 is 0 Å². The third-order valence-corrected chi connectivity index (χ3v) is 4.12. The van der Waals surface area contributed by atoms with Gasteiger partial charge in [-0.25, -0.2) is 4.79 Å². The number of benzene rings is 2. The van der Waals surface area contributed by atoms with Crippen molar-refractivity contribution in [3.8, 4) is 11.1 Å². The highest BCUT2D eigenvalue weighted by molar-refractivity contribution is 5.98. The van der Waals surface area contributed by atoms with E-state index in [9.17, 15) is 9.59 Å². The zero-order valence-corrected chi connectivity index (χ0v) is 14.4. The molecule has 1 atom stereocenters. The van der Waals surface area contributed by atoms with Crippen molar-refractivity contribution in [2.75, 3.05) is 19.9 Å². The van der Waals surface area contributed by atoms with Crippen LogP contribution < -0.4 is 5.73 Å². The zero-order chi connectivity index (χ0) is 17.9. The molecule has 24 heavy (non-hydrogen) atoms. The SMILES string of the molecule is COC(=O)[C@H](C)N(C)C(=O)c1ccc(-c2cccc(N)c2)cc1C. The second-order valence-electron chi connectivity index (χ2n) is 5.77. The number of amides is 1. The Hall–Kier alpha value is -2.82. The van der Waals surface area contributed by atoms with Gasteiger partial charge < -0.3 is 15.4 Å².